The fraction of sp³-hybridized carbons (Fsp3) is 0.286. The van der Waals surface area contributed by atoms with E-state index in [1.54, 1.807) is 66.7 Å². The number of halogens is 3. The second-order valence-corrected chi connectivity index (χ2v) is 12.6. The SMILES string of the molecule is Cc1c(Cl)ccc2c(C(=O)OC(CCCl)C(=O)c3ccc(Cl)cc3)cc(-c3ccc(N4C(=O)C5CCCCC5C4=O)cc3)nc12. The van der Waals surface area contributed by atoms with Crippen molar-refractivity contribution in [2.45, 2.75) is 45.1 Å². The molecule has 2 aliphatic rings. The number of benzene rings is 3. The number of amides is 2. The van der Waals surface area contributed by atoms with Gasteiger partial charge in [-0.1, -0.05) is 54.2 Å². The van der Waals surface area contributed by atoms with Gasteiger partial charge in [0.05, 0.1) is 34.3 Å². The molecular weight excluding hydrogens is 635 g/mol. The number of hydrogen-bond acceptors (Lipinski definition) is 6. The maximum absolute atomic E-state index is 13.8. The van der Waals surface area contributed by atoms with Crippen molar-refractivity contribution < 1.29 is 23.9 Å². The summed E-state index contributed by atoms with van der Waals surface area (Å²) in [5, 5.41) is 1.47. The maximum Gasteiger partial charge on any atom is 0.339 e. The van der Waals surface area contributed by atoms with Crippen molar-refractivity contribution in [2.24, 2.45) is 11.8 Å². The van der Waals surface area contributed by atoms with Crippen LogP contribution in [-0.2, 0) is 14.3 Å². The van der Waals surface area contributed by atoms with Gasteiger partial charge in [0.25, 0.3) is 0 Å². The summed E-state index contributed by atoms with van der Waals surface area (Å²) >= 11 is 18.4. The first-order valence-corrected chi connectivity index (χ1v) is 16.1. The lowest BCUT2D eigenvalue weighted by Gasteiger charge is -2.19. The second kappa shape index (κ2) is 12.9. The second-order valence-electron chi connectivity index (χ2n) is 11.4. The number of Topliss-reactive ketones (excluding diaryl/α,β-unsaturated/α-hetero) is 1. The minimum absolute atomic E-state index is 0.101. The number of rotatable bonds is 8. The largest absolute Gasteiger partial charge is 0.450 e. The number of hydrogen-bond donors (Lipinski definition) is 0. The minimum atomic E-state index is -1.12. The van der Waals surface area contributed by atoms with Crippen LogP contribution in [0.3, 0.4) is 0 Å². The van der Waals surface area contributed by atoms with E-state index in [1.807, 2.05) is 6.92 Å². The Morgan fingerprint density at radius 2 is 1.58 bits per heavy atom. The number of carbonyl (C=O) groups is 4. The van der Waals surface area contributed by atoms with Gasteiger partial charge in [-0.2, -0.15) is 0 Å². The Hall–Kier alpha value is -3.78. The van der Waals surface area contributed by atoms with Crippen LogP contribution in [0, 0.1) is 18.8 Å². The summed E-state index contributed by atoms with van der Waals surface area (Å²) in [7, 11) is 0. The number of esters is 1. The Labute approximate surface area is 275 Å². The van der Waals surface area contributed by atoms with Crippen LogP contribution in [0.25, 0.3) is 22.2 Å². The number of aromatic nitrogens is 1. The number of anilines is 1. The van der Waals surface area contributed by atoms with Crippen molar-refractivity contribution in [3.05, 3.63) is 93.5 Å². The average Bonchev–Trinajstić information content (AvgIpc) is 3.31. The lowest BCUT2D eigenvalue weighted by atomic mass is 9.81. The number of ether oxygens (including phenoxy) is 1. The lowest BCUT2D eigenvalue weighted by molar-refractivity contribution is -0.122. The van der Waals surface area contributed by atoms with Gasteiger partial charge in [-0.15, -0.1) is 11.6 Å². The summed E-state index contributed by atoms with van der Waals surface area (Å²) in [6.07, 6.45) is 2.39. The van der Waals surface area contributed by atoms with E-state index in [9.17, 15) is 19.2 Å². The fourth-order valence-corrected chi connectivity index (χ4v) is 6.73. The van der Waals surface area contributed by atoms with E-state index in [0.29, 0.717) is 49.0 Å². The van der Waals surface area contributed by atoms with Crippen molar-refractivity contribution in [2.75, 3.05) is 10.8 Å². The normalized spacial score (nSPS) is 18.6. The number of nitrogens with zero attached hydrogens (tertiary/aromatic N) is 2. The van der Waals surface area contributed by atoms with Crippen molar-refractivity contribution in [3.8, 4) is 11.3 Å². The maximum atomic E-state index is 13.8. The molecule has 1 saturated carbocycles. The quantitative estimate of drug-likeness (QED) is 0.0816. The third-order valence-corrected chi connectivity index (χ3v) is 9.57. The number of pyridine rings is 1. The van der Waals surface area contributed by atoms with Gasteiger partial charge < -0.3 is 4.74 Å². The zero-order chi connectivity index (χ0) is 31.8. The summed E-state index contributed by atoms with van der Waals surface area (Å²) in [6.45, 7) is 1.81. The van der Waals surface area contributed by atoms with Crippen LogP contribution in [0.1, 0.15) is 58.4 Å². The van der Waals surface area contributed by atoms with Crippen LogP contribution in [0.5, 0.6) is 0 Å². The Bertz CT molecular complexity index is 1800. The molecule has 45 heavy (non-hydrogen) atoms. The fourth-order valence-electron chi connectivity index (χ4n) is 6.25. The summed E-state index contributed by atoms with van der Waals surface area (Å²) in [6, 6.07) is 18.3. The van der Waals surface area contributed by atoms with Gasteiger partial charge in [0.15, 0.2) is 6.10 Å². The van der Waals surface area contributed by atoms with Crippen molar-refractivity contribution >= 4 is 75.0 Å². The van der Waals surface area contributed by atoms with Gasteiger partial charge in [-0.05, 0) is 73.9 Å². The number of aryl methyl sites for hydroxylation is 1. The van der Waals surface area contributed by atoms with Crippen LogP contribution >= 0.6 is 34.8 Å². The molecule has 10 heteroatoms. The van der Waals surface area contributed by atoms with E-state index in [1.165, 1.54) is 4.90 Å². The minimum Gasteiger partial charge on any atom is -0.450 e. The molecule has 7 nitrogen and oxygen atoms in total. The molecule has 1 aliphatic heterocycles. The first-order chi connectivity index (χ1) is 21.7. The highest BCUT2D eigenvalue weighted by molar-refractivity contribution is 6.32. The average molecular weight is 664 g/mol. The highest BCUT2D eigenvalue weighted by Crippen LogP contribution is 2.40. The third-order valence-electron chi connectivity index (χ3n) is 8.69. The van der Waals surface area contributed by atoms with Crippen LogP contribution in [-0.4, -0.2) is 40.5 Å². The molecule has 3 unspecified atom stereocenters. The van der Waals surface area contributed by atoms with E-state index in [2.05, 4.69) is 0 Å². The smallest absolute Gasteiger partial charge is 0.339 e. The molecule has 4 aromatic rings. The van der Waals surface area contributed by atoms with Crippen LogP contribution in [0.2, 0.25) is 10.0 Å². The van der Waals surface area contributed by atoms with Gasteiger partial charge in [0.1, 0.15) is 0 Å². The van der Waals surface area contributed by atoms with Gasteiger partial charge in [-0.25, -0.2) is 9.78 Å². The summed E-state index contributed by atoms with van der Waals surface area (Å²) in [5.41, 5.74) is 3.34. The Kier molecular flexibility index (Phi) is 8.96. The summed E-state index contributed by atoms with van der Waals surface area (Å²) in [5.74, 6) is -1.78. The molecule has 0 radical (unpaired) electrons. The molecule has 0 bridgehead atoms. The molecule has 0 N–H and O–H groups in total. The molecule has 0 spiro atoms. The highest BCUT2D eigenvalue weighted by Gasteiger charge is 2.48. The monoisotopic (exact) mass is 662 g/mol. The predicted octanol–water partition coefficient (Wildman–Crippen LogP) is 8.23. The molecule has 2 fully saturated rings. The molecule has 2 amide bonds. The van der Waals surface area contributed by atoms with Gasteiger partial charge in [-0.3, -0.25) is 19.3 Å². The number of fused-ring (bicyclic) bond motifs is 2. The first-order valence-electron chi connectivity index (χ1n) is 14.8. The molecule has 3 atom stereocenters. The number of imide groups is 1. The van der Waals surface area contributed by atoms with Crippen LogP contribution in [0.4, 0.5) is 5.69 Å². The Balaban J connectivity index is 1.34. The highest BCUT2D eigenvalue weighted by atomic mass is 35.5. The van der Waals surface area contributed by atoms with E-state index in [-0.39, 0.29) is 47.3 Å². The van der Waals surface area contributed by atoms with Gasteiger partial charge in [0.2, 0.25) is 17.6 Å². The van der Waals surface area contributed by atoms with Crippen LogP contribution < -0.4 is 4.90 Å². The molecule has 1 saturated heterocycles. The van der Waals surface area contributed by atoms with Gasteiger partial charge in [0, 0.05) is 38.9 Å². The van der Waals surface area contributed by atoms with E-state index < -0.39 is 12.1 Å². The number of carbonyl (C=O) groups excluding carboxylic acids is 4. The summed E-state index contributed by atoms with van der Waals surface area (Å²) < 4.78 is 5.80. The molecule has 230 valence electrons. The zero-order valence-corrected chi connectivity index (χ0v) is 26.7. The first kappa shape index (κ1) is 31.2. The topological polar surface area (TPSA) is 93.6 Å². The van der Waals surface area contributed by atoms with Gasteiger partial charge >= 0.3 is 5.97 Å². The molecule has 1 aromatic heterocycles. The molecule has 1 aliphatic carbocycles. The van der Waals surface area contributed by atoms with Crippen molar-refractivity contribution in [1.82, 2.24) is 4.98 Å². The number of alkyl halides is 1. The number of ketones is 1. The van der Waals surface area contributed by atoms with Crippen LogP contribution in [0.15, 0.2) is 66.7 Å². The predicted molar refractivity (Wildman–Crippen MR) is 175 cm³/mol. The molecule has 3 aromatic carbocycles. The van der Waals surface area contributed by atoms with E-state index in [4.69, 9.17) is 44.5 Å². The standard InChI is InChI=1S/C35H29Cl3N2O5/c1-19-28(38)15-14-24-27(35(44)45-30(16-17-36)32(41)21-6-10-22(37)11-7-21)18-29(39-31(19)24)20-8-12-23(13-9-20)40-33(42)25-4-2-3-5-26(25)34(40)43/h6-15,18,25-26,30H,2-5,16-17H2,1H3. The zero-order valence-electron chi connectivity index (χ0n) is 24.4. The molecule has 6 rings (SSSR count). The van der Waals surface area contributed by atoms with E-state index in [0.717, 1.165) is 25.7 Å². The molecule has 2 heterocycles. The van der Waals surface area contributed by atoms with Crippen molar-refractivity contribution in [3.63, 3.8) is 0 Å². The molecular formula is C35H29Cl3N2O5. The third kappa shape index (κ3) is 5.97. The van der Waals surface area contributed by atoms with Crippen molar-refractivity contribution in [1.29, 1.82) is 0 Å². The Morgan fingerprint density at radius 1 is 0.933 bits per heavy atom. The summed E-state index contributed by atoms with van der Waals surface area (Å²) in [4.78, 5) is 59.4. The Morgan fingerprint density at radius 3 is 2.20 bits per heavy atom. The lowest BCUT2D eigenvalue weighted by Crippen LogP contribution is -2.30. The van der Waals surface area contributed by atoms with E-state index >= 15 is 0 Å².